The molecule has 0 radical (unpaired) electrons. The van der Waals surface area contributed by atoms with Gasteiger partial charge in [0.05, 0.1) is 21.0 Å². The molecular formula is C11H23O4P. The molecule has 0 aromatic carbocycles. The van der Waals surface area contributed by atoms with Crippen LogP contribution >= 0.6 is 7.80 Å². The molecule has 1 atom stereocenters. The first-order valence-corrected chi connectivity index (χ1v) is 7.78. The van der Waals surface area contributed by atoms with Crippen LogP contribution in [0.25, 0.3) is 0 Å². The van der Waals surface area contributed by atoms with Gasteiger partial charge in [0.2, 0.25) is 0 Å². The highest BCUT2D eigenvalue weighted by Crippen LogP contribution is 2.20. The van der Waals surface area contributed by atoms with Crippen LogP contribution in [-0.4, -0.2) is 38.1 Å². The monoisotopic (exact) mass is 250 g/mol. The number of ether oxygens (including phenoxy) is 2. The second-order valence-electron chi connectivity index (χ2n) is 3.58. The topological polar surface area (TPSA) is 52.6 Å². The molecule has 0 aliphatic heterocycles. The molecule has 0 N–H and O–H groups in total. The van der Waals surface area contributed by atoms with E-state index in [9.17, 15) is 9.36 Å². The number of esters is 1. The summed E-state index contributed by atoms with van der Waals surface area (Å²) in [5.74, 6) is -0.189. The first-order chi connectivity index (χ1) is 7.70. The highest BCUT2D eigenvalue weighted by Gasteiger charge is 2.02. The summed E-state index contributed by atoms with van der Waals surface area (Å²) in [5.41, 5.74) is 0. The van der Waals surface area contributed by atoms with Crippen LogP contribution in [0.5, 0.6) is 0 Å². The normalized spacial score (nSPS) is 12.4. The second kappa shape index (κ2) is 11.2. The minimum absolute atomic E-state index is 0.189. The van der Waals surface area contributed by atoms with Gasteiger partial charge in [-0.2, -0.15) is 0 Å². The van der Waals surface area contributed by atoms with Crippen molar-refractivity contribution in [3.63, 3.8) is 0 Å². The Kier molecular flexibility index (Phi) is 10.9. The lowest BCUT2D eigenvalue weighted by Crippen LogP contribution is -2.05. The molecular weight excluding hydrogens is 227 g/mol. The van der Waals surface area contributed by atoms with E-state index in [0.717, 1.165) is 13.0 Å². The zero-order chi connectivity index (χ0) is 12.2. The van der Waals surface area contributed by atoms with Crippen LogP contribution in [0.1, 0.15) is 33.1 Å². The maximum Gasteiger partial charge on any atom is 0.305 e. The fourth-order valence-corrected chi connectivity index (χ4v) is 2.28. The Morgan fingerprint density at radius 3 is 2.50 bits per heavy atom. The quantitative estimate of drug-likeness (QED) is 0.339. The summed E-state index contributed by atoms with van der Waals surface area (Å²) in [4.78, 5) is 10.8. The molecule has 0 aromatic rings. The zero-order valence-corrected chi connectivity index (χ0v) is 11.3. The van der Waals surface area contributed by atoms with E-state index in [1.54, 1.807) is 6.92 Å². The van der Waals surface area contributed by atoms with Crippen molar-refractivity contribution in [2.75, 3.05) is 32.1 Å². The second-order valence-corrected chi connectivity index (χ2v) is 5.66. The Bertz CT molecular complexity index is 206. The van der Waals surface area contributed by atoms with Crippen molar-refractivity contribution in [2.45, 2.75) is 33.1 Å². The van der Waals surface area contributed by atoms with Gasteiger partial charge in [-0.25, -0.2) is 0 Å². The number of hydrogen-bond donors (Lipinski definition) is 0. The van der Waals surface area contributed by atoms with Crippen molar-refractivity contribution < 1.29 is 18.8 Å². The fourth-order valence-electron chi connectivity index (χ4n) is 1.11. The van der Waals surface area contributed by atoms with E-state index in [0.29, 0.717) is 38.4 Å². The van der Waals surface area contributed by atoms with E-state index in [-0.39, 0.29) is 5.97 Å². The fraction of sp³-hybridized carbons (Fsp3) is 0.909. The van der Waals surface area contributed by atoms with E-state index in [4.69, 9.17) is 9.47 Å². The maximum atomic E-state index is 11.5. The molecule has 0 amide bonds. The molecule has 4 nitrogen and oxygen atoms in total. The maximum absolute atomic E-state index is 11.5. The molecule has 0 saturated carbocycles. The van der Waals surface area contributed by atoms with Crippen molar-refractivity contribution in [1.29, 1.82) is 0 Å². The van der Waals surface area contributed by atoms with Gasteiger partial charge >= 0.3 is 5.97 Å². The molecule has 1 unspecified atom stereocenters. The minimum Gasteiger partial charge on any atom is -0.466 e. The predicted molar refractivity (Wildman–Crippen MR) is 65.7 cm³/mol. The molecule has 0 saturated heterocycles. The summed E-state index contributed by atoms with van der Waals surface area (Å²) in [7, 11) is -1.54. The first kappa shape index (κ1) is 15.7. The molecule has 96 valence electrons. The first-order valence-electron chi connectivity index (χ1n) is 5.95. The Morgan fingerprint density at radius 1 is 1.12 bits per heavy atom. The summed E-state index contributed by atoms with van der Waals surface area (Å²) in [6.45, 7) is 5.52. The van der Waals surface area contributed by atoms with E-state index in [1.165, 1.54) is 0 Å². The van der Waals surface area contributed by atoms with Crippen molar-refractivity contribution in [1.82, 2.24) is 0 Å². The van der Waals surface area contributed by atoms with Gasteiger partial charge in [0.1, 0.15) is 0 Å². The molecule has 0 bridgehead atoms. The van der Waals surface area contributed by atoms with Crippen molar-refractivity contribution in [2.24, 2.45) is 0 Å². The predicted octanol–water partition coefficient (Wildman–Crippen LogP) is 2.32. The van der Waals surface area contributed by atoms with Crippen molar-refractivity contribution in [3.8, 4) is 0 Å². The van der Waals surface area contributed by atoms with Crippen LogP contribution < -0.4 is 0 Å². The molecule has 0 aliphatic carbocycles. The number of carbonyl (C=O) groups excluding carboxylic acids is 1. The highest BCUT2D eigenvalue weighted by molar-refractivity contribution is 7.44. The summed E-state index contributed by atoms with van der Waals surface area (Å²) >= 11 is 0. The lowest BCUT2D eigenvalue weighted by molar-refractivity contribution is -0.143. The molecule has 0 aromatic heterocycles. The third kappa shape index (κ3) is 10.2. The van der Waals surface area contributed by atoms with Gasteiger partial charge in [-0.3, -0.25) is 4.79 Å². The van der Waals surface area contributed by atoms with Crippen molar-refractivity contribution in [3.05, 3.63) is 0 Å². The molecule has 0 fully saturated rings. The SMILES string of the molecule is CCCOCC[PH](=O)CCCOC(=O)CC. The number of carbonyl (C=O) groups is 1. The molecule has 0 heterocycles. The number of rotatable bonds is 10. The smallest absolute Gasteiger partial charge is 0.305 e. The lowest BCUT2D eigenvalue weighted by Gasteiger charge is -2.04. The minimum atomic E-state index is -1.54. The molecule has 0 rings (SSSR count). The van der Waals surface area contributed by atoms with Crippen LogP contribution in [-0.2, 0) is 18.8 Å². The molecule has 5 heteroatoms. The third-order valence-electron chi connectivity index (χ3n) is 2.03. The van der Waals surface area contributed by atoms with Crippen molar-refractivity contribution >= 4 is 13.8 Å². The van der Waals surface area contributed by atoms with Crippen LogP contribution in [0.15, 0.2) is 0 Å². The Labute approximate surface area is 98.5 Å². The van der Waals surface area contributed by atoms with Gasteiger partial charge in [0.25, 0.3) is 0 Å². The molecule has 16 heavy (non-hydrogen) atoms. The van der Waals surface area contributed by atoms with Crippen LogP contribution in [0.3, 0.4) is 0 Å². The van der Waals surface area contributed by atoms with Gasteiger partial charge in [0, 0.05) is 25.4 Å². The van der Waals surface area contributed by atoms with E-state index < -0.39 is 7.80 Å². The van der Waals surface area contributed by atoms with Gasteiger partial charge < -0.3 is 14.0 Å². The summed E-state index contributed by atoms with van der Waals surface area (Å²) in [5, 5.41) is 0. The third-order valence-corrected chi connectivity index (χ3v) is 3.70. The van der Waals surface area contributed by atoms with Gasteiger partial charge in [0.15, 0.2) is 0 Å². The molecule has 0 spiro atoms. The average molecular weight is 250 g/mol. The summed E-state index contributed by atoms with van der Waals surface area (Å²) in [6, 6.07) is 0. The average Bonchev–Trinajstić information content (AvgIpc) is 2.30. The van der Waals surface area contributed by atoms with Crippen LogP contribution in [0, 0.1) is 0 Å². The Balaban J connectivity index is 3.27. The largest absolute Gasteiger partial charge is 0.466 e. The number of hydrogen-bond acceptors (Lipinski definition) is 4. The van der Waals surface area contributed by atoms with E-state index in [2.05, 4.69) is 0 Å². The standard InChI is InChI=1S/C11H23O4P/c1-3-6-14-8-10-16(13)9-5-7-15-11(12)4-2/h16H,3-10H2,1-2H3. The lowest BCUT2D eigenvalue weighted by atomic mass is 10.5. The summed E-state index contributed by atoms with van der Waals surface area (Å²) in [6.07, 6.45) is 3.38. The Hall–Kier alpha value is -0.340. The highest BCUT2D eigenvalue weighted by atomic mass is 31.1. The zero-order valence-electron chi connectivity index (χ0n) is 10.3. The Morgan fingerprint density at radius 2 is 1.88 bits per heavy atom. The van der Waals surface area contributed by atoms with E-state index >= 15 is 0 Å². The van der Waals surface area contributed by atoms with Crippen LogP contribution in [0.4, 0.5) is 0 Å². The van der Waals surface area contributed by atoms with Gasteiger partial charge in [-0.15, -0.1) is 0 Å². The molecule has 0 aliphatic rings. The summed E-state index contributed by atoms with van der Waals surface area (Å²) < 4.78 is 21.6. The van der Waals surface area contributed by atoms with Gasteiger partial charge in [-0.1, -0.05) is 13.8 Å². The van der Waals surface area contributed by atoms with E-state index in [1.807, 2.05) is 6.92 Å². The van der Waals surface area contributed by atoms with Crippen LogP contribution in [0.2, 0.25) is 0 Å². The van der Waals surface area contributed by atoms with Gasteiger partial charge in [-0.05, 0) is 12.8 Å².